The van der Waals surface area contributed by atoms with Gasteiger partial charge in [-0.1, -0.05) is 17.8 Å². The SMILES string of the molecule is CC(C)Nc1nccnc1Sc1cccc(C(=O)O)c1. The van der Waals surface area contributed by atoms with Gasteiger partial charge < -0.3 is 10.4 Å². The summed E-state index contributed by atoms with van der Waals surface area (Å²) in [7, 11) is 0. The largest absolute Gasteiger partial charge is 0.478 e. The Hall–Kier alpha value is -2.08. The van der Waals surface area contributed by atoms with E-state index < -0.39 is 5.97 Å². The maximum absolute atomic E-state index is 11.0. The van der Waals surface area contributed by atoms with Crippen LogP contribution in [0.25, 0.3) is 0 Å². The van der Waals surface area contributed by atoms with Gasteiger partial charge in [-0.15, -0.1) is 0 Å². The summed E-state index contributed by atoms with van der Waals surface area (Å²) in [5.74, 6) is -0.236. The molecular weight excluding hydrogens is 274 g/mol. The minimum atomic E-state index is -0.938. The Morgan fingerprint density at radius 1 is 1.30 bits per heavy atom. The Morgan fingerprint density at radius 2 is 2.05 bits per heavy atom. The third kappa shape index (κ3) is 3.71. The zero-order valence-electron chi connectivity index (χ0n) is 11.2. The van der Waals surface area contributed by atoms with Gasteiger partial charge in [-0.3, -0.25) is 0 Å². The highest BCUT2D eigenvalue weighted by atomic mass is 32.2. The maximum atomic E-state index is 11.0. The summed E-state index contributed by atoms with van der Waals surface area (Å²) in [6.45, 7) is 4.04. The van der Waals surface area contributed by atoms with Crippen LogP contribution < -0.4 is 5.32 Å². The molecule has 0 saturated heterocycles. The van der Waals surface area contributed by atoms with E-state index in [1.165, 1.54) is 11.8 Å². The number of nitrogens with one attached hydrogen (secondary N) is 1. The summed E-state index contributed by atoms with van der Waals surface area (Å²) >= 11 is 1.39. The molecule has 0 aliphatic heterocycles. The highest BCUT2D eigenvalue weighted by Gasteiger charge is 2.10. The van der Waals surface area contributed by atoms with Gasteiger partial charge in [0.05, 0.1) is 5.56 Å². The molecule has 2 aromatic rings. The van der Waals surface area contributed by atoms with Gasteiger partial charge >= 0.3 is 5.97 Å². The van der Waals surface area contributed by atoms with Gasteiger partial charge in [0.1, 0.15) is 5.03 Å². The van der Waals surface area contributed by atoms with Crippen LogP contribution in [0.1, 0.15) is 24.2 Å². The van der Waals surface area contributed by atoms with Crippen molar-refractivity contribution in [2.45, 2.75) is 29.8 Å². The minimum absolute atomic E-state index is 0.247. The van der Waals surface area contributed by atoms with Crippen molar-refractivity contribution in [2.24, 2.45) is 0 Å². The number of rotatable bonds is 5. The highest BCUT2D eigenvalue weighted by molar-refractivity contribution is 7.99. The smallest absolute Gasteiger partial charge is 0.335 e. The van der Waals surface area contributed by atoms with Gasteiger partial charge in [-0.25, -0.2) is 14.8 Å². The first-order valence-electron chi connectivity index (χ1n) is 6.15. The molecule has 0 fully saturated rings. The van der Waals surface area contributed by atoms with Crippen molar-refractivity contribution < 1.29 is 9.90 Å². The fourth-order valence-electron chi connectivity index (χ4n) is 1.58. The number of aromatic nitrogens is 2. The molecule has 6 heteroatoms. The van der Waals surface area contributed by atoms with E-state index >= 15 is 0 Å². The van der Waals surface area contributed by atoms with Crippen molar-refractivity contribution in [3.8, 4) is 0 Å². The lowest BCUT2D eigenvalue weighted by Gasteiger charge is -2.12. The Bertz CT molecular complexity index is 617. The number of hydrogen-bond acceptors (Lipinski definition) is 5. The number of hydrogen-bond donors (Lipinski definition) is 2. The van der Waals surface area contributed by atoms with E-state index in [4.69, 9.17) is 5.11 Å². The summed E-state index contributed by atoms with van der Waals surface area (Å²) in [5, 5.41) is 12.9. The average Bonchev–Trinajstić information content (AvgIpc) is 2.41. The van der Waals surface area contributed by atoms with E-state index in [-0.39, 0.29) is 11.6 Å². The molecule has 2 rings (SSSR count). The number of carbonyl (C=O) groups is 1. The zero-order chi connectivity index (χ0) is 14.5. The zero-order valence-corrected chi connectivity index (χ0v) is 12.0. The van der Waals surface area contributed by atoms with Crippen LogP contribution in [-0.2, 0) is 0 Å². The van der Waals surface area contributed by atoms with Crippen molar-refractivity contribution in [3.05, 3.63) is 42.2 Å². The van der Waals surface area contributed by atoms with Crippen molar-refractivity contribution in [3.63, 3.8) is 0 Å². The third-order valence-electron chi connectivity index (χ3n) is 2.39. The molecule has 0 atom stereocenters. The maximum Gasteiger partial charge on any atom is 0.335 e. The van der Waals surface area contributed by atoms with E-state index in [2.05, 4.69) is 15.3 Å². The third-order valence-corrected chi connectivity index (χ3v) is 3.37. The number of carboxylic acids is 1. The van der Waals surface area contributed by atoms with Gasteiger partial charge in [-0.05, 0) is 32.0 Å². The molecule has 20 heavy (non-hydrogen) atoms. The fourth-order valence-corrected chi connectivity index (χ4v) is 2.45. The summed E-state index contributed by atoms with van der Waals surface area (Å²) in [6.07, 6.45) is 3.25. The highest BCUT2D eigenvalue weighted by Crippen LogP contribution is 2.30. The topological polar surface area (TPSA) is 75.1 Å². The molecule has 1 aromatic heterocycles. The quantitative estimate of drug-likeness (QED) is 0.880. The molecule has 1 aromatic carbocycles. The molecule has 104 valence electrons. The second-order valence-corrected chi connectivity index (χ2v) is 5.51. The molecule has 0 spiro atoms. The molecule has 0 bridgehead atoms. The number of anilines is 1. The van der Waals surface area contributed by atoms with Gasteiger partial charge in [0.15, 0.2) is 5.82 Å². The van der Waals surface area contributed by atoms with E-state index in [1.54, 1.807) is 30.6 Å². The Labute approximate surface area is 121 Å². The van der Waals surface area contributed by atoms with Crippen LogP contribution in [0.2, 0.25) is 0 Å². The van der Waals surface area contributed by atoms with Crippen LogP contribution in [0, 0.1) is 0 Å². The van der Waals surface area contributed by atoms with Crippen LogP contribution in [0.5, 0.6) is 0 Å². The number of carboxylic acid groups (broad SMARTS) is 1. The lowest BCUT2D eigenvalue weighted by Crippen LogP contribution is -2.12. The standard InChI is InChI=1S/C14H15N3O2S/c1-9(2)17-12-13(16-7-6-15-12)20-11-5-3-4-10(8-11)14(18)19/h3-9H,1-2H3,(H,15,17)(H,18,19). The number of benzene rings is 1. The number of nitrogens with zero attached hydrogens (tertiary/aromatic N) is 2. The molecule has 0 aliphatic carbocycles. The van der Waals surface area contributed by atoms with E-state index in [0.717, 1.165) is 9.92 Å². The molecule has 0 unspecified atom stereocenters. The molecule has 0 amide bonds. The Kier molecular flexibility index (Phi) is 4.57. The van der Waals surface area contributed by atoms with Crippen molar-refractivity contribution in [1.82, 2.24) is 9.97 Å². The summed E-state index contributed by atoms with van der Waals surface area (Å²) in [4.78, 5) is 20.3. The molecule has 0 saturated carbocycles. The van der Waals surface area contributed by atoms with Crippen LogP contribution in [0.4, 0.5) is 5.82 Å². The molecule has 5 nitrogen and oxygen atoms in total. The summed E-state index contributed by atoms with van der Waals surface area (Å²) in [5.41, 5.74) is 0.261. The molecule has 0 aliphatic rings. The van der Waals surface area contributed by atoms with Gasteiger partial charge in [0.2, 0.25) is 0 Å². The average molecular weight is 289 g/mol. The van der Waals surface area contributed by atoms with Gasteiger partial charge in [0, 0.05) is 23.3 Å². The van der Waals surface area contributed by atoms with Crippen LogP contribution in [-0.4, -0.2) is 27.1 Å². The molecule has 2 N–H and O–H groups in total. The van der Waals surface area contributed by atoms with E-state index in [9.17, 15) is 4.79 Å². The fraction of sp³-hybridized carbons (Fsp3) is 0.214. The minimum Gasteiger partial charge on any atom is -0.478 e. The predicted molar refractivity (Wildman–Crippen MR) is 78.3 cm³/mol. The lowest BCUT2D eigenvalue weighted by molar-refractivity contribution is 0.0696. The van der Waals surface area contributed by atoms with Gasteiger partial charge in [-0.2, -0.15) is 0 Å². The monoisotopic (exact) mass is 289 g/mol. The first kappa shape index (κ1) is 14.3. The Morgan fingerprint density at radius 3 is 2.75 bits per heavy atom. The first-order valence-corrected chi connectivity index (χ1v) is 6.96. The molecule has 1 heterocycles. The Balaban J connectivity index is 2.25. The normalized spacial score (nSPS) is 10.6. The lowest BCUT2D eigenvalue weighted by atomic mass is 10.2. The van der Waals surface area contributed by atoms with Crippen molar-refractivity contribution in [1.29, 1.82) is 0 Å². The van der Waals surface area contributed by atoms with Crippen molar-refractivity contribution in [2.75, 3.05) is 5.32 Å². The van der Waals surface area contributed by atoms with Crippen molar-refractivity contribution >= 4 is 23.5 Å². The van der Waals surface area contributed by atoms with E-state index in [1.807, 2.05) is 19.9 Å². The summed E-state index contributed by atoms with van der Waals surface area (Å²) in [6, 6.07) is 7.01. The van der Waals surface area contributed by atoms with Crippen LogP contribution >= 0.6 is 11.8 Å². The van der Waals surface area contributed by atoms with Crippen LogP contribution in [0.3, 0.4) is 0 Å². The first-order chi connectivity index (χ1) is 9.56. The second-order valence-electron chi connectivity index (χ2n) is 4.44. The van der Waals surface area contributed by atoms with Crippen LogP contribution in [0.15, 0.2) is 46.6 Å². The van der Waals surface area contributed by atoms with Gasteiger partial charge in [0.25, 0.3) is 0 Å². The summed E-state index contributed by atoms with van der Waals surface area (Å²) < 4.78 is 0. The molecular formula is C14H15N3O2S. The predicted octanol–water partition coefficient (Wildman–Crippen LogP) is 3.15. The molecule has 0 radical (unpaired) electrons. The number of aromatic carboxylic acids is 1. The van der Waals surface area contributed by atoms with E-state index in [0.29, 0.717) is 5.82 Å². The second kappa shape index (κ2) is 6.38.